The first-order valence-electron chi connectivity index (χ1n) is 6.04. The minimum Gasteiger partial charge on any atom is -0.387 e. The molecule has 0 saturated carbocycles. The highest BCUT2D eigenvalue weighted by molar-refractivity contribution is 14.1. The summed E-state index contributed by atoms with van der Waals surface area (Å²) >= 11 is 5.47. The maximum atomic E-state index is 12.1. The molecule has 5 heteroatoms. The Morgan fingerprint density at radius 3 is 2.65 bits per heavy atom. The fourth-order valence-corrected chi connectivity index (χ4v) is 2.69. The van der Waals surface area contributed by atoms with Crippen molar-refractivity contribution in [2.24, 2.45) is 0 Å². The van der Waals surface area contributed by atoms with E-state index in [1.54, 1.807) is 6.07 Å². The van der Waals surface area contributed by atoms with Crippen molar-refractivity contribution < 1.29 is 9.90 Å². The van der Waals surface area contributed by atoms with E-state index in [1.165, 1.54) is 0 Å². The van der Waals surface area contributed by atoms with Crippen LogP contribution in [0.2, 0.25) is 0 Å². The highest BCUT2D eigenvalue weighted by Crippen LogP contribution is 2.18. The zero-order chi connectivity index (χ0) is 14.5. The summed E-state index contributed by atoms with van der Waals surface area (Å²) in [6.45, 7) is 0.186. The molecular formula is C15H13BrINO2. The van der Waals surface area contributed by atoms with Gasteiger partial charge in [0.15, 0.2) is 0 Å². The number of rotatable bonds is 4. The van der Waals surface area contributed by atoms with Crippen molar-refractivity contribution in [1.29, 1.82) is 0 Å². The molecule has 3 nitrogen and oxygen atoms in total. The van der Waals surface area contributed by atoms with Crippen molar-refractivity contribution in [3.63, 3.8) is 0 Å². The minimum atomic E-state index is -0.704. The van der Waals surface area contributed by atoms with Crippen LogP contribution < -0.4 is 5.32 Å². The van der Waals surface area contributed by atoms with E-state index in [2.05, 4.69) is 43.8 Å². The molecule has 0 spiro atoms. The molecule has 0 fully saturated rings. The Balaban J connectivity index is 2.00. The lowest BCUT2D eigenvalue weighted by Gasteiger charge is -2.13. The fraction of sp³-hybridized carbons (Fsp3) is 0.133. The molecule has 2 rings (SSSR count). The average molecular weight is 446 g/mol. The summed E-state index contributed by atoms with van der Waals surface area (Å²) in [5, 5.41) is 12.8. The number of carbonyl (C=O) groups is 1. The first-order valence-corrected chi connectivity index (χ1v) is 7.91. The third-order valence-electron chi connectivity index (χ3n) is 2.81. The highest BCUT2D eigenvalue weighted by Gasteiger charge is 2.13. The van der Waals surface area contributed by atoms with E-state index in [0.717, 1.165) is 13.6 Å². The summed E-state index contributed by atoms with van der Waals surface area (Å²) in [5.74, 6) is -0.189. The van der Waals surface area contributed by atoms with E-state index < -0.39 is 6.10 Å². The standard InChI is InChI=1S/C15H13BrINO2/c16-11-6-7-13(17)12(8-11)15(20)18-9-14(19)10-4-2-1-3-5-10/h1-8,14,19H,9H2,(H,18,20). The van der Waals surface area contributed by atoms with Gasteiger partial charge in [0, 0.05) is 14.6 Å². The summed E-state index contributed by atoms with van der Waals surface area (Å²) in [5.41, 5.74) is 1.39. The zero-order valence-electron chi connectivity index (χ0n) is 10.5. The summed E-state index contributed by atoms with van der Waals surface area (Å²) in [6, 6.07) is 14.8. The molecule has 1 amide bonds. The number of amides is 1. The molecular weight excluding hydrogens is 433 g/mol. The van der Waals surface area contributed by atoms with Crippen molar-refractivity contribution in [3.8, 4) is 0 Å². The molecule has 0 radical (unpaired) electrons. The number of hydrogen-bond donors (Lipinski definition) is 2. The Labute approximate surface area is 139 Å². The van der Waals surface area contributed by atoms with Gasteiger partial charge in [-0.2, -0.15) is 0 Å². The first-order chi connectivity index (χ1) is 9.58. The summed E-state index contributed by atoms with van der Waals surface area (Å²) in [7, 11) is 0. The van der Waals surface area contributed by atoms with Crippen LogP contribution in [0.5, 0.6) is 0 Å². The Hall–Kier alpha value is -0.920. The van der Waals surface area contributed by atoms with Crippen LogP contribution in [0.1, 0.15) is 22.0 Å². The van der Waals surface area contributed by atoms with Gasteiger partial charge in [-0.1, -0.05) is 46.3 Å². The summed E-state index contributed by atoms with van der Waals surface area (Å²) in [4.78, 5) is 12.1. The first kappa shape index (κ1) is 15.5. The van der Waals surface area contributed by atoms with Crippen molar-refractivity contribution in [3.05, 3.63) is 67.7 Å². The highest BCUT2D eigenvalue weighted by atomic mass is 127. The number of benzene rings is 2. The van der Waals surface area contributed by atoms with Crippen molar-refractivity contribution in [1.82, 2.24) is 5.32 Å². The predicted octanol–water partition coefficient (Wildman–Crippen LogP) is 3.52. The van der Waals surface area contributed by atoms with Gasteiger partial charge in [-0.05, 0) is 46.4 Å². The molecule has 104 valence electrons. The minimum absolute atomic E-state index is 0.186. The van der Waals surface area contributed by atoms with Gasteiger partial charge >= 0.3 is 0 Å². The number of carbonyl (C=O) groups excluding carboxylic acids is 1. The molecule has 0 aromatic heterocycles. The van der Waals surface area contributed by atoms with Crippen LogP contribution in [0.4, 0.5) is 0 Å². The van der Waals surface area contributed by atoms with Crippen molar-refractivity contribution in [2.75, 3.05) is 6.54 Å². The van der Waals surface area contributed by atoms with E-state index in [0.29, 0.717) is 5.56 Å². The maximum Gasteiger partial charge on any atom is 0.252 e. The number of hydrogen-bond acceptors (Lipinski definition) is 2. The fourth-order valence-electron chi connectivity index (χ4n) is 1.75. The van der Waals surface area contributed by atoms with Gasteiger partial charge in [0.05, 0.1) is 11.7 Å². The Bertz CT molecular complexity index is 604. The average Bonchev–Trinajstić information content (AvgIpc) is 2.47. The molecule has 0 heterocycles. The Kier molecular flexibility index (Phi) is 5.56. The number of aliphatic hydroxyl groups is 1. The van der Waals surface area contributed by atoms with Gasteiger partial charge < -0.3 is 10.4 Å². The van der Waals surface area contributed by atoms with Crippen LogP contribution in [0, 0.1) is 3.57 Å². The second-order valence-electron chi connectivity index (χ2n) is 4.26. The lowest BCUT2D eigenvalue weighted by Crippen LogP contribution is -2.29. The van der Waals surface area contributed by atoms with Crippen LogP contribution in [0.15, 0.2) is 53.0 Å². The van der Waals surface area contributed by atoms with Gasteiger partial charge in [-0.25, -0.2) is 0 Å². The SMILES string of the molecule is O=C(NCC(O)c1ccccc1)c1cc(Br)ccc1I. The van der Waals surface area contributed by atoms with Crippen molar-refractivity contribution in [2.45, 2.75) is 6.10 Å². The Morgan fingerprint density at radius 2 is 1.95 bits per heavy atom. The van der Waals surface area contributed by atoms with Crippen LogP contribution in [0.25, 0.3) is 0 Å². The van der Waals surface area contributed by atoms with Gasteiger partial charge in [-0.3, -0.25) is 4.79 Å². The molecule has 2 aromatic carbocycles. The molecule has 1 atom stereocenters. The van der Waals surface area contributed by atoms with Gasteiger partial charge in [0.25, 0.3) is 5.91 Å². The molecule has 2 N–H and O–H groups in total. The lowest BCUT2D eigenvalue weighted by molar-refractivity contribution is 0.0915. The second-order valence-corrected chi connectivity index (χ2v) is 6.34. The van der Waals surface area contributed by atoms with E-state index >= 15 is 0 Å². The lowest BCUT2D eigenvalue weighted by atomic mass is 10.1. The number of halogens is 2. The molecule has 20 heavy (non-hydrogen) atoms. The quantitative estimate of drug-likeness (QED) is 0.707. The number of nitrogens with one attached hydrogen (secondary N) is 1. The maximum absolute atomic E-state index is 12.1. The zero-order valence-corrected chi connectivity index (χ0v) is 14.3. The second kappa shape index (κ2) is 7.19. The van der Waals surface area contributed by atoms with Gasteiger partial charge in [0.2, 0.25) is 0 Å². The smallest absolute Gasteiger partial charge is 0.252 e. The normalized spacial score (nSPS) is 11.9. The molecule has 0 aliphatic heterocycles. The molecule has 0 bridgehead atoms. The van der Waals surface area contributed by atoms with E-state index in [1.807, 2.05) is 42.5 Å². The molecule has 0 aliphatic rings. The number of aliphatic hydroxyl groups excluding tert-OH is 1. The Morgan fingerprint density at radius 1 is 1.25 bits per heavy atom. The summed E-state index contributed by atoms with van der Waals surface area (Å²) in [6.07, 6.45) is -0.704. The van der Waals surface area contributed by atoms with Crippen molar-refractivity contribution >= 4 is 44.4 Å². The summed E-state index contributed by atoms with van der Waals surface area (Å²) < 4.78 is 1.73. The van der Waals surface area contributed by atoms with Crippen LogP contribution in [-0.2, 0) is 0 Å². The monoisotopic (exact) mass is 445 g/mol. The van der Waals surface area contributed by atoms with Crippen LogP contribution in [0.3, 0.4) is 0 Å². The largest absolute Gasteiger partial charge is 0.387 e. The molecule has 2 aromatic rings. The van der Waals surface area contributed by atoms with Gasteiger partial charge in [-0.15, -0.1) is 0 Å². The predicted molar refractivity (Wildman–Crippen MR) is 90.6 cm³/mol. The van der Waals surface area contributed by atoms with Crippen LogP contribution in [-0.4, -0.2) is 17.6 Å². The topological polar surface area (TPSA) is 49.3 Å². The van der Waals surface area contributed by atoms with Gasteiger partial charge in [0.1, 0.15) is 0 Å². The van der Waals surface area contributed by atoms with E-state index in [4.69, 9.17) is 0 Å². The van der Waals surface area contributed by atoms with E-state index in [9.17, 15) is 9.90 Å². The van der Waals surface area contributed by atoms with E-state index in [-0.39, 0.29) is 12.5 Å². The third kappa shape index (κ3) is 4.04. The van der Waals surface area contributed by atoms with Crippen LogP contribution >= 0.6 is 38.5 Å². The third-order valence-corrected chi connectivity index (χ3v) is 4.25. The molecule has 1 unspecified atom stereocenters. The molecule has 0 saturated heterocycles. The molecule has 0 aliphatic carbocycles.